The summed E-state index contributed by atoms with van der Waals surface area (Å²) in [6.45, 7) is 16.0. The minimum absolute atomic E-state index is 0.0474. The van der Waals surface area contributed by atoms with Crippen LogP contribution in [-0.4, -0.2) is 35.7 Å². The van der Waals surface area contributed by atoms with Crippen LogP contribution in [0.3, 0.4) is 0 Å². The van der Waals surface area contributed by atoms with Crippen molar-refractivity contribution in [2.24, 2.45) is 10.8 Å². The molecule has 0 bridgehead atoms. The van der Waals surface area contributed by atoms with Crippen LogP contribution in [0.15, 0.2) is 0 Å². The summed E-state index contributed by atoms with van der Waals surface area (Å²) in [7, 11) is 2.14. The van der Waals surface area contributed by atoms with Crippen molar-refractivity contribution >= 4 is 0 Å². The van der Waals surface area contributed by atoms with Gasteiger partial charge in [-0.3, -0.25) is 0 Å². The van der Waals surface area contributed by atoms with E-state index >= 15 is 0 Å². The number of rotatable bonds is 4. The number of aliphatic hydroxyl groups is 1. The molecule has 0 heterocycles. The van der Waals surface area contributed by atoms with Crippen molar-refractivity contribution in [1.82, 2.24) is 4.90 Å². The Balaban J connectivity index is 4.43. The third-order valence-electron chi connectivity index (χ3n) is 3.70. The summed E-state index contributed by atoms with van der Waals surface area (Å²) in [6, 6.07) is 0.510. The number of nitrogens with zero attached hydrogens (tertiary/aromatic N) is 1. The van der Waals surface area contributed by atoms with Crippen molar-refractivity contribution in [3.63, 3.8) is 0 Å². The molecular weight excluding hydrogens is 186 g/mol. The van der Waals surface area contributed by atoms with E-state index in [1.165, 1.54) is 0 Å². The number of hydrogen-bond acceptors (Lipinski definition) is 2. The second kappa shape index (κ2) is 4.84. The minimum Gasteiger partial charge on any atom is -0.393 e. The van der Waals surface area contributed by atoms with Gasteiger partial charge in [-0.15, -0.1) is 0 Å². The molecule has 0 rings (SSSR count). The van der Waals surface area contributed by atoms with Crippen molar-refractivity contribution in [3.8, 4) is 0 Å². The molecule has 0 fully saturated rings. The van der Waals surface area contributed by atoms with Crippen LogP contribution in [0.1, 0.15) is 48.5 Å². The van der Waals surface area contributed by atoms with E-state index in [2.05, 4.69) is 53.5 Å². The summed E-state index contributed by atoms with van der Waals surface area (Å²) >= 11 is 0. The van der Waals surface area contributed by atoms with Gasteiger partial charge in [0.25, 0.3) is 0 Å². The zero-order valence-electron chi connectivity index (χ0n) is 11.8. The van der Waals surface area contributed by atoms with E-state index in [9.17, 15) is 5.11 Å². The standard InChI is InChI=1S/C13H29NO/c1-10(12(3,4)5)14(8)9-13(6,7)11(2)15/h10-11,15H,9H2,1-8H3. The molecule has 0 spiro atoms. The van der Waals surface area contributed by atoms with Gasteiger partial charge in [0.2, 0.25) is 0 Å². The normalized spacial score (nSPS) is 18.0. The summed E-state index contributed by atoms with van der Waals surface area (Å²) in [4.78, 5) is 2.34. The van der Waals surface area contributed by atoms with Crippen molar-refractivity contribution in [3.05, 3.63) is 0 Å². The maximum absolute atomic E-state index is 9.69. The zero-order valence-corrected chi connectivity index (χ0v) is 11.8. The smallest absolute Gasteiger partial charge is 0.0575 e. The van der Waals surface area contributed by atoms with Gasteiger partial charge in [0.1, 0.15) is 0 Å². The minimum atomic E-state index is -0.271. The maximum atomic E-state index is 9.69. The average molecular weight is 215 g/mol. The third-order valence-corrected chi connectivity index (χ3v) is 3.70. The van der Waals surface area contributed by atoms with Crippen LogP contribution >= 0.6 is 0 Å². The summed E-state index contributed by atoms with van der Waals surface area (Å²) < 4.78 is 0. The molecule has 15 heavy (non-hydrogen) atoms. The zero-order chi connectivity index (χ0) is 12.4. The fourth-order valence-corrected chi connectivity index (χ4v) is 1.57. The highest BCUT2D eigenvalue weighted by Crippen LogP contribution is 2.27. The van der Waals surface area contributed by atoms with Crippen molar-refractivity contribution < 1.29 is 5.11 Å². The first-order valence-electron chi connectivity index (χ1n) is 5.87. The predicted octanol–water partition coefficient (Wildman–Crippen LogP) is 2.76. The summed E-state index contributed by atoms with van der Waals surface area (Å²) in [5, 5.41) is 9.69. The van der Waals surface area contributed by atoms with E-state index in [1.807, 2.05) is 6.92 Å². The van der Waals surface area contributed by atoms with Gasteiger partial charge in [-0.05, 0) is 26.3 Å². The molecule has 1 N–H and O–H groups in total. The quantitative estimate of drug-likeness (QED) is 0.779. The van der Waals surface area contributed by atoms with Crippen LogP contribution in [0.5, 0.6) is 0 Å². The Morgan fingerprint density at radius 2 is 1.47 bits per heavy atom. The monoisotopic (exact) mass is 215 g/mol. The maximum Gasteiger partial charge on any atom is 0.0575 e. The van der Waals surface area contributed by atoms with Gasteiger partial charge in [0, 0.05) is 18.0 Å². The Morgan fingerprint density at radius 3 is 1.73 bits per heavy atom. The van der Waals surface area contributed by atoms with Crippen LogP contribution in [0, 0.1) is 10.8 Å². The average Bonchev–Trinajstić information content (AvgIpc) is 2.00. The van der Waals surface area contributed by atoms with Crippen LogP contribution in [-0.2, 0) is 0 Å². The SMILES string of the molecule is CC(N(C)CC(C)(C)C(C)O)C(C)(C)C. The Morgan fingerprint density at radius 1 is 1.07 bits per heavy atom. The molecule has 0 aliphatic heterocycles. The van der Waals surface area contributed by atoms with Gasteiger partial charge in [-0.1, -0.05) is 34.6 Å². The van der Waals surface area contributed by atoms with Gasteiger partial charge >= 0.3 is 0 Å². The largest absolute Gasteiger partial charge is 0.393 e. The lowest BCUT2D eigenvalue weighted by Gasteiger charge is -2.40. The lowest BCUT2D eigenvalue weighted by Crippen LogP contribution is -2.46. The summed E-state index contributed by atoms with van der Waals surface area (Å²) in [5.41, 5.74) is 0.234. The second-order valence-electron chi connectivity index (χ2n) is 6.62. The molecule has 0 amide bonds. The lowest BCUT2D eigenvalue weighted by atomic mass is 9.83. The Bertz CT molecular complexity index is 191. The molecule has 0 radical (unpaired) electrons. The first-order valence-corrected chi connectivity index (χ1v) is 5.87. The first kappa shape index (κ1) is 14.9. The summed E-state index contributed by atoms with van der Waals surface area (Å²) in [5.74, 6) is 0. The molecule has 2 unspecified atom stereocenters. The summed E-state index contributed by atoms with van der Waals surface area (Å²) in [6.07, 6.45) is -0.271. The highest BCUT2D eigenvalue weighted by molar-refractivity contribution is 4.83. The topological polar surface area (TPSA) is 23.5 Å². The predicted molar refractivity (Wildman–Crippen MR) is 67.0 cm³/mol. The molecular formula is C13H29NO. The first-order chi connectivity index (χ1) is 6.48. The van der Waals surface area contributed by atoms with Crippen LogP contribution < -0.4 is 0 Å². The molecule has 2 heteroatoms. The fraction of sp³-hybridized carbons (Fsp3) is 1.00. The van der Waals surface area contributed by atoms with Gasteiger partial charge in [0.15, 0.2) is 0 Å². The molecule has 0 aromatic carbocycles. The van der Waals surface area contributed by atoms with Gasteiger partial charge < -0.3 is 10.0 Å². The number of aliphatic hydroxyl groups excluding tert-OH is 1. The molecule has 0 saturated carbocycles. The molecule has 2 nitrogen and oxygen atoms in total. The van der Waals surface area contributed by atoms with Crippen molar-refractivity contribution in [2.75, 3.05) is 13.6 Å². The van der Waals surface area contributed by atoms with Gasteiger partial charge in [0.05, 0.1) is 6.10 Å². The Kier molecular flexibility index (Phi) is 4.81. The van der Waals surface area contributed by atoms with Crippen molar-refractivity contribution in [1.29, 1.82) is 0 Å². The Hall–Kier alpha value is -0.0800. The van der Waals surface area contributed by atoms with E-state index < -0.39 is 0 Å². The van der Waals surface area contributed by atoms with Gasteiger partial charge in [-0.25, -0.2) is 0 Å². The molecule has 0 aromatic rings. The van der Waals surface area contributed by atoms with E-state index in [4.69, 9.17) is 0 Å². The number of hydrogen-bond donors (Lipinski definition) is 1. The van der Waals surface area contributed by atoms with Crippen molar-refractivity contribution in [2.45, 2.75) is 60.6 Å². The molecule has 0 saturated heterocycles. The fourth-order valence-electron chi connectivity index (χ4n) is 1.57. The Labute approximate surface area is 95.7 Å². The van der Waals surface area contributed by atoms with E-state index in [0.29, 0.717) is 6.04 Å². The molecule has 0 aliphatic carbocycles. The van der Waals surface area contributed by atoms with Crippen LogP contribution in [0.4, 0.5) is 0 Å². The molecule has 0 aliphatic rings. The molecule has 0 aromatic heterocycles. The van der Waals surface area contributed by atoms with E-state index in [0.717, 1.165) is 6.54 Å². The highest BCUT2D eigenvalue weighted by Gasteiger charge is 2.30. The molecule has 92 valence electrons. The lowest BCUT2D eigenvalue weighted by molar-refractivity contribution is 0.0169. The van der Waals surface area contributed by atoms with Crippen LogP contribution in [0.2, 0.25) is 0 Å². The second-order valence-corrected chi connectivity index (χ2v) is 6.62. The van der Waals surface area contributed by atoms with E-state index in [1.54, 1.807) is 0 Å². The van der Waals surface area contributed by atoms with Crippen LogP contribution in [0.25, 0.3) is 0 Å². The highest BCUT2D eigenvalue weighted by atomic mass is 16.3. The third kappa shape index (κ3) is 4.52. The molecule has 2 atom stereocenters. The van der Waals surface area contributed by atoms with E-state index in [-0.39, 0.29) is 16.9 Å². The van der Waals surface area contributed by atoms with Gasteiger partial charge in [-0.2, -0.15) is 0 Å².